The smallest absolute Gasteiger partial charge is 0.261 e. The molecule has 9 heteroatoms. The minimum absolute atomic E-state index is 0.0761. The number of sulfone groups is 1. The topological polar surface area (TPSA) is 101 Å². The molecule has 2 heterocycles. The maximum absolute atomic E-state index is 13.2. The van der Waals surface area contributed by atoms with E-state index in [1.807, 2.05) is 0 Å². The molecule has 164 valence electrons. The first-order valence-corrected chi connectivity index (χ1v) is 12.4. The van der Waals surface area contributed by atoms with Gasteiger partial charge in [0.2, 0.25) is 5.91 Å². The fourth-order valence-corrected chi connectivity index (χ4v) is 6.37. The van der Waals surface area contributed by atoms with Gasteiger partial charge in [-0.2, -0.15) is 0 Å². The number of rotatable bonds is 8. The first kappa shape index (κ1) is 21.9. The van der Waals surface area contributed by atoms with Crippen molar-refractivity contribution in [3.05, 3.63) is 88.1 Å². The summed E-state index contributed by atoms with van der Waals surface area (Å²) in [5.41, 5.74) is 0.647. The van der Waals surface area contributed by atoms with Crippen molar-refractivity contribution in [3.63, 3.8) is 0 Å². The van der Waals surface area contributed by atoms with Crippen LogP contribution in [0.4, 0.5) is 0 Å². The SMILES string of the molecule is O=C(CCN1C(=O)c2ccccc2C1=O)NCC(c1cccs1)S(=O)(=O)c1ccccc1. The Hall–Kier alpha value is -3.30. The Labute approximate surface area is 189 Å². The summed E-state index contributed by atoms with van der Waals surface area (Å²) in [6.07, 6.45) is -0.117. The number of hydrogen-bond acceptors (Lipinski definition) is 6. The third-order valence-electron chi connectivity index (χ3n) is 5.23. The van der Waals surface area contributed by atoms with Crippen LogP contribution in [0.2, 0.25) is 0 Å². The Bertz CT molecular complexity index is 1220. The molecule has 0 aliphatic carbocycles. The Morgan fingerprint density at radius 3 is 2.12 bits per heavy atom. The maximum atomic E-state index is 13.2. The lowest BCUT2D eigenvalue weighted by Crippen LogP contribution is -2.36. The van der Waals surface area contributed by atoms with E-state index in [2.05, 4.69) is 5.32 Å². The van der Waals surface area contributed by atoms with Crippen LogP contribution in [-0.4, -0.2) is 44.1 Å². The molecular formula is C23H20N2O5S2. The van der Waals surface area contributed by atoms with E-state index < -0.39 is 32.8 Å². The molecular weight excluding hydrogens is 448 g/mol. The Kier molecular flexibility index (Phi) is 6.20. The minimum atomic E-state index is -3.73. The first-order chi connectivity index (χ1) is 15.4. The highest BCUT2D eigenvalue weighted by molar-refractivity contribution is 7.91. The fourth-order valence-electron chi connectivity index (χ4n) is 3.56. The molecule has 1 aromatic heterocycles. The highest BCUT2D eigenvalue weighted by Crippen LogP contribution is 2.31. The van der Waals surface area contributed by atoms with Crippen LogP contribution >= 0.6 is 11.3 Å². The van der Waals surface area contributed by atoms with Crippen molar-refractivity contribution in [2.45, 2.75) is 16.6 Å². The maximum Gasteiger partial charge on any atom is 0.261 e. The van der Waals surface area contributed by atoms with Crippen LogP contribution in [0.3, 0.4) is 0 Å². The highest BCUT2D eigenvalue weighted by atomic mass is 32.2. The number of benzene rings is 2. The zero-order valence-electron chi connectivity index (χ0n) is 16.9. The lowest BCUT2D eigenvalue weighted by molar-refractivity contribution is -0.121. The van der Waals surface area contributed by atoms with Gasteiger partial charge in [0.15, 0.2) is 9.84 Å². The molecule has 3 aromatic rings. The summed E-state index contributed by atoms with van der Waals surface area (Å²) in [6, 6.07) is 18.1. The summed E-state index contributed by atoms with van der Waals surface area (Å²) in [5, 5.41) is 3.51. The van der Waals surface area contributed by atoms with Crippen molar-refractivity contribution in [1.29, 1.82) is 0 Å². The van der Waals surface area contributed by atoms with Gasteiger partial charge >= 0.3 is 0 Å². The van der Waals surface area contributed by atoms with Gasteiger partial charge in [0.1, 0.15) is 5.25 Å². The number of amides is 3. The normalized spacial score (nSPS) is 14.3. The molecule has 1 aliphatic heterocycles. The average molecular weight is 469 g/mol. The fraction of sp³-hybridized carbons (Fsp3) is 0.174. The van der Waals surface area contributed by atoms with Crippen molar-refractivity contribution < 1.29 is 22.8 Å². The molecule has 0 radical (unpaired) electrons. The van der Waals surface area contributed by atoms with Gasteiger partial charge in [-0.15, -0.1) is 11.3 Å². The van der Waals surface area contributed by atoms with Crippen molar-refractivity contribution in [2.75, 3.05) is 13.1 Å². The molecule has 0 spiro atoms. The number of fused-ring (bicyclic) bond motifs is 1. The van der Waals surface area contributed by atoms with Crippen molar-refractivity contribution in [3.8, 4) is 0 Å². The van der Waals surface area contributed by atoms with Crippen LogP contribution in [0.15, 0.2) is 77.0 Å². The molecule has 4 rings (SSSR count). The van der Waals surface area contributed by atoms with Gasteiger partial charge in [-0.25, -0.2) is 8.42 Å². The summed E-state index contributed by atoms with van der Waals surface area (Å²) in [4.78, 5) is 39.2. The predicted octanol–water partition coefficient (Wildman–Crippen LogP) is 3.07. The summed E-state index contributed by atoms with van der Waals surface area (Å²) in [7, 11) is -3.73. The zero-order chi connectivity index (χ0) is 22.7. The molecule has 0 saturated heterocycles. The number of carbonyl (C=O) groups is 3. The standard InChI is InChI=1S/C23H20N2O5S2/c26-21(12-13-25-22(27)17-9-4-5-10-18(17)23(25)28)24-15-20(19-11-6-14-31-19)32(29,30)16-7-2-1-3-8-16/h1-11,14,20H,12-13,15H2,(H,24,26). The second kappa shape index (κ2) is 9.05. The molecule has 3 amide bonds. The van der Waals surface area contributed by atoms with Gasteiger partial charge in [0.05, 0.1) is 16.0 Å². The molecule has 1 N–H and O–H groups in total. The molecule has 7 nitrogen and oxygen atoms in total. The Morgan fingerprint density at radius 1 is 0.906 bits per heavy atom. The molecule has 0 bridgehead atoms. The third-order valence-corrected chi connectivity index (χ3v) is 8.47. The van der Waals surface area contributed by atoms with Gasteiger partial charge in [0, 0.05) is 24.4 Å². The molecule has 32 heavy (non-hydrogen) atoms. The Morgan fingerprint density at radius 2 is 1.53 bits per heavy atom. The van der Waals surface area contributed by atoms with Crippen molar-refractivity contribution >= 4 is 38.9 Å². The number of thiophene rings is 1. The van der Waals surface area contributed by atoms with E-state index in [-0.39, 0.29) is 24.4 Å². The molecule has 1 unspecified atom stereocenters. The molecule has 1 atom stereocenters. The summed E-state index contributed by atoms with van der Waals surface area (Å²) in [6.45, 7) is -0.189. The van der Waals surface area contributed by atoms with E-state index in [9.17, 15) is 22.8 Å². The number of hydrogen-bond donors (Lipinski definition) is 1. The lowest BCUT2D eigenvalue weighted by atomic mass is 10.1. The largest absolute Gasteiger partial charge is 0.354 e. The van der Waals surface area contributed by atoms with Gasteiger partial charge in [-0.1, -0.05) is 36.4 Å². The number of nitrogens with zero attached hydrogens (tertiary/aromatic N) is 1. The van der Waals surface area contributed by atoms with Gasteiger partial charge in [0.25, 0.3) is 11.8 Å². The quantitative estimate of drug-likeness (QED) is 0.512. The van der Waals surface area contributed by atoms with Crippen LogP contribution in [0.1, 0.15) is 37.3 Å². The van der Waals surface area contributed by atoms with E-state index in [0.717, 1.165) is 4.90 Å². The summed E-state index contributed by atoms with van der Waals surface area (Å²) in [5.74, 6) is -1.30. The molecule has 0 saturated carbocycles. The van der Waals surface area contributed by atoms with E-state index in [0.29, 0.717) is 16.0 Å². The van der Waals surface area contributed by atoms with Crippen molar-refractivity contribution in [1.82, 2.24) is 10.2 Å². The second-order valence-electron chi connectivity index (χ2n) is 7.22. The van der Waals surface area contributed by atoms with Crippen LogP contribution < -0.4 is 5.32 Å². The number of nitrogens with one attached hydrogen (secondary N) is 1. The molecule has 0 fully saturated rings. The number of carbonyl (C=O) groups excluding carboxylic acids is 3. The second-order valence-corrected chi connectivity index (χ2v) is 10.3. The lowest BCUT2D eigenvalue weighted by Gasteiger charge is -2.18. The van der Waals surface area contributed by atoms with E-state index in [1.54, 1.807) is 60.0 Å². The monoisotopic (exact) mass is 468 g/mol. The van der Waals surface area contributed by atoms with Gasteiger partial charge in [-0.3, -0.25) is 19.3 Å². The van der Waals surface area contributed by atoms with Gasteiger partial charge < -0.3 is 5.32 Å². The average Bonchev–Trinajstić information content (AvgIpc) is 3.41. The Balaban J connectivity index is 1.42. The zero-order valence-corrected chi connectivity index (χ0v) is 18.6. The van der Waals surface area contributed by atoms with Crippen molar-refractivity contribution in [2.24, 2.45) is 0 Å². The first-order valence-electron chi connectivity index (χ1n) is 9.94. The van der Waals surface area contributed by atoms with E-state index in [1.165, 1.54) is 23.5 Å². The third kappa shape index (κ3) is 4.21. The van der Waals surface area contributed by atoms with Crippen LogP contribution in [0.5, 0.6) is 0 Å². The van der Waals surface area contributed by atoms with E-state index in [4.69, 9.17) is 0 Å². The van der Waals surface area contributed by atoms with E-state index >= 15 is 0 Å². The summed E-state index contributed by atoms with van der Waals surface area (Å²) < 4.78 is 26.4. The number of imide groups is 1. The summed E-state index contributed by atoms with van der Waals surface area (Å²) >= 11 is 1.30. The van der Waals surface area contributed by atoms with Crippen LogP contribution in [-0.2, 0) is 14.6 Å². The van der Waals surface area contributed by atoms with Gasteiger partial charge in [-0.05, 0) is 35.7 Å². The van der Waals surface area contributed by atoms with Crippen LogP contribution in [0.25, 0.3) is 0 Å². The molecule has 1 aliphatic rings. The minimum Gasteiger partial charge on any atom is -0.354 e. The highest BCUT2D eigenvalue weighted by Gasteiger charge is 2.35. The molecule has 2 aromatic carbocycles. The van der Waals surface area contributed by atoms with Crippen LogP contribution in [0, 0.1) is 0 Å². The predicted molar refractivity (Wildman–Crippen MR) is 120 cm³/mol.